The Morgan fingerprint density at radius 2 is 0.802 bits per heavy atom. The summed E-state index contributed by atoms with van der Waals surface area (Å²) in [5, 5.41) is 13.1. The van der Waals surface area contributed by atoms with Gasteiger partial charge in [-0.1, -0.05) is 0 Å². The van der Waals surface area contributed by atoms with Crippen LogP contribution in [0.2, 0.25) is 0 Å². The number of amides is 10. The van der Waals surface area contributed by atoms with E-state index in [-0.39, 0.29) is 167 Å². The SMILES string of the molecule is C[C@H]1Cn2ncc(N3CC(N)CC3=O)c2CN1C(=O)OC(C)(C)C.C[C@H]1Cn2ncc(N3CC(N4C(=O)CCC4=O)CC3=O)c2CN1C(=O)Cc1cc(F)c(F)c(F)c1.C[C@H]1Cn2ncc(N3CC(N4C(=O)CCC4=O)CC3=O)c2CN1C(=O)OC(C)(C)C.Nc1cc(F)c(F)c(F)c1.O=C1CCC(=O)O1. The molecule has 5 aromatic rings. The Morgan fingerprint density at radius 1 is 0.472 bits per heavy atom. The molecule has 6 saturated heterocycles. The summed E-state index contributed by atoms with van der Waals surface area (Å²) in [6.07, 6.45) is 5.43. The van der Waals surface area contributed by atoms with Crippen molar-refractivity contribution in [3.05, 3.63) is 100 Å². The summed E-state index contributed by atoms with van der Waals surface area (Å²) >= 11 is 0. The molecule has 3 unspecified atom stereocenters. The van der Waals surface area contributed by atoms with E-state index in [1.807, 2.05) is 60.1 Å². The fourth-order valence-electron chi connectivity index (χ4n) is 13.5. The van der Waals surface area contributed by atoms with Gasteiger partial charge in [0.25, 0.3) is 0 Å². The van der Waals surface area contributed by atoms with Crippen molar-refractivity contribution < 1.29 is 98.1 Å². The molecule has 4 N–H and O–H groups in total. The number of halogens is 6. The molecule has 0 radical (unpaired) electrons. The molecule has 14 rings (SSSR count). The van der Waals surface area contributed by atoms with E-state index < -0.39 is 82.1 Å². The fourth-order valence-corrected chi connectivity index (χ4v) is 13.5. The molecular weight excluding hydrogens is 1410 g/mol. The maximum atomic E-state index is 13.6. The summed E-state index contributed by atoms with van der Waals surface area (Å²) in [5.74, 6) is -11.0. The molecule has 0 spiro atoms. The maximum Gasteiger partial charge on any atom is 0.410 e. The summed E-state index contributed by atoms with van der Waals surface area (Å²) in [4.78, 5) is 156. The smallest absolute Gasteiger partial charge is 0.410 e. The Kier molecular flexibility index (Phi) is 22.9. The first-order valence-corrected chi connectivity index (χ1v) is 34.3. The second-order valence-electron chi connectivity index (χ2n) is 29.0. The zero-order valence-electron chi connectivity index (χ0n) is 59.7. The number of aromatic nitrogens is 6. The number of rotatable bonds is 7. The van der Waals surface area contributed by atoms with Crippen LogP contribution in [0.4, 0.5) is 58.7 Å². The zero-order valence-corrected chi connectivity index (χ0v) is 59.7. The predicted molar refractivity (Wildman–Crippen MR) is 359 cm³/mol. The number of nitrogens with two attached hydrogens (primary N) is 2. The van der Waals surface area contributed by atoms with Gasteiger partial charge < -0.3 is 45.3 Å². The number of esters is 2. The van der Waals surface area contributed by atoms with Crippen LogP contribution < -0.4 is 26.2 Å². The van der Waals surface area contributed by atoms with E-state index in [1.165, 1.54) is 25.8 Å². The summed E-state index contributed by atoms with van der Waals surface area (Å²) in [7, 11) is 0. The van der Waals surface area contributed by atoms with Crippen molar-refractivity contribution in [2.45, 2.75) is 213 Å². The molecule has 37 heteroatoms. The maximum absolute atomic E-state index is 13.6. The highest BCUT2D eigenvalue weighted by Gasteiger charge is 2.47. The largest absolute Gasteiger partial charge is 0.444 e. The number of carbonyl (C=O) groups excluding carboxylic acids is 12. The predicted octanol–water partition coefficient (Wildman–Crippen LogP) is 5.43. The molecule has 0 saturated carbocycles. The van der Waals surface area contributed by atoms with Crippen LogP contribution >= 0.6 is 0 Å². The number of anilines is 4. The van der Waals surface area contributed by atoms with Crippen molar-refractivity contribution >= 4 is 94.1 Å². The molecule has 6 fully saturated rings. The molecule has 12 heterocycles. The molecule has 10 amide bonds. The Hall–Kier alpha value is -10.8. The highest BCUT2D eigenvalue weighted by Crippen LogP contribution is 2.37. The number of nitrogen functional groups attached to an aromatic ring is 1. The fraction of sp³-hybridized carbons (Fsp3) is 0.522. The van der Waals surface area contributed by atoms with E-state index in [9.17, 15) is 83.9 Å². The lowest BCUT2D eigenvalue weighted by molar-refractivity contribution is -0.152. The Bertz CT molecular complexity index is 4270. The van der Waals surface area contributed by atoms with E-state index in [2.05, 4.69) is 20.0 Å². The standard InChI is InChI=1S/C23H22F3N5O4.C20H27N5O5.C16H25N5O3.C6H4F3N.C4H4O3/c1-12-9-30-18(11-28(12)21(34)6-13-4-15(24)23(26)16(25)5-13)17(8-27-30)29-10-14(7-22(29)35)31-19(32)2-3-20(31)33;1-12-9-24-15(11-22(12)19(29)30-20(2,3)4)14(8-21-24)23-10-13(7-18(23)28)25-16(26)5-6-17(25)27;1-10-7-21-13(9-19(10)15(23)24-16(2,3)4)12(6-18-21)20-8-11(17)5-14(20)22;7-4-1-3(10)2-5(8)6(4)9;5-3-1-2-4(6)7-3/h4-5,8,12,14H,2-3,6-7,9-11H2,1H3;8,12-13H,5-7,9-11H2,1-4H3;6,10-11H,5,7-9,17H2,1-4H3;1-2H,10H2;1-2H2/t12-,14?;12-,13?;10-,11?;;/m000../s1. The quantitative estimate of drug-likeness (QED) is 0.0390. The number of hydrogen-bond acceptors (Lipinski definition) is 20. The lowest BCUT2D eigenvalue weighted by atomic mass is 10.1. The second kappa shape index (κ2) is 31.1. The number of carbonyl (C=O) groups is 12. The molecule has 0 aliphatic carbocycles. The van der Waals surface area contributed by atoms with Gasteiger partial charge in [0.2, 0.25) is 47.3 Å². The van der Waals surface area contributed by atoms with Crippen LogP contribution in [0.15, 0.2) is 42.9 Å². The monoisotopic (exact) mass is 1490 g/mol. The van der Waals surface area contributed by atoms with E-state index in [1.54, 1.807) is 48.3 Å². The number of nitrogens with zero attached hydrogens (tertiary/aromatic N) is 14. The Balaban J connectivity index is 0.000000154. The highest BCUT2D eigenvalue weighted by atomic mass is 19.2. The van der Waals surface area contributed by atoms with Crippen LogP contribution in [0.5, 0.6) is 0 Å². The van der Waals surface area contributed by atoms with Crippen LogP contribution in [0.3, 0.4) is 0 Å². The normalized spacial score (nSPS) is 22.1. The molecule has 570 valence electrons. The minimum absolute atomic E-state index is 0.000685. The van der Waals surface area contributed by atoms with Crippen molar-refractivity contribution in [2.24, 2.45) is 5.73 Å². The minimum Gasteiger partial charge on any atom is -0.444 e. The van der Waals surface area contributed by atoms with Gasteiger partial charge in [-0.25, -0.2) is 35.9 Å². The van der Waals surface area contributed by atoms with Crippen LogP contribution in [-0.2, 0) is 108 Å². The average molecular weight is 1490 g/mol. The highest BCUT2D eigenvalue weighted by molar-refractivity contribution is 6.06. The van der Waals surface area contributed by atoms with Gasteiger partial charge in [-0.05, 0) is 80.0 Å². The van der Waals surface area contributed by atoms with Gasteiger partial charge in [0.15, 0.2) is 34.9 Å². The average Bonchev–Trinajstić information content (AvgIpc) is 1.61. The topological polar surface area (TPSA) is 364 Å². The molecule has 31 nitrogen and oxygen atoms in total. The molecule has 2 aromatic carbocycles. The van der Waals surface area contributed by atoms with E-state index in [0.717, 1.165) is 41.3 Å². The summed E-state index contributed by atoms with van der Waals surface area (Å²) in [5.41, 5.74) is 13.6. The van der Waals surface area contributed by atoms with Gasteiger partial charge in [0.05, 0.1) is 135 Å². The summed E-state index contributed by atoms with van der Waals surface area (Å²) in [6.45, 7) is 19.7. The lowest BCUT2D eigenvalue weighted by Crippen LogP contribution is -2.47. The molecule has 6 atom stereocenters. The van der Waals surface area contributed by atoms with Crippen LogP contribution in [-0.4, -0.2) is 192 Å². The molecular formula is C69H82F6N16O15. The van der Waals surface area contributed by atoms with Crippen LogP contribution in [0.25, 0.3) is 0 Å². The summed E-state index contributed by atoms with van der Waals surface area (Å²) < 4.78 is 97.3. The van der Waals surface area contributed by atoms with Crippen molar-refractivity contribution in [3.8, 4) is 0 Å². The van der Waals surface area contributed by atoms with Gasteiger partial charge in [-0.15, -0.1) is 0 Å². The van der Waals surface area contributed by atoms with Crippen LogP contribution in [0, 0.1) is 34.9 Å². The van der Waals surface area contributed by atoms with Gasteiger partial charge in [-0.2, -0.15) is 15.3 Å². The lowest BCUT2D eigenvalue weighted by Gasteiger charge is -2.36. The number of cyclic esters (lactones) is 2. The van der Waals surface area contributed by atoms with Gasteiger partial charge in [-0.3, -0.25) is 81.6 Å². The van der Waals surface area contributed by atoms with Crippen molar-refractivity contribution in [2.75, 3.05) is 40.1 Å². The van der Waals surface area contributed by atoms with E-state index in [4.69, 9.17) is 20.9 Å². The molecule has 9 aliphatic heterocycles. The third-order valence-corrected chi connectivity index (χ3v) is 18.5. The van der Waals surface area contributed by atoms with Gasteiger partial charge in [0.1, 0.15) is 11.2 Å². The molecule has 106 heavy (non-hydrogen) atoms. The van der Waals surface area contributed by atoms with Gasteiger partial charge in [0, 0.05) is 94.5 Å². The third-order valence-electron chi connectivity index (χ3n) is 18.5. The Morgan fingerprint density at radius 3 is 1.13 bits per heavy atom. The first-order valence-electron chi connectivity index (χ1n) is 34.3. The Labute approximate surface area is 603 Å². The third kappa shape index (κ3) is 17.5. The first-order chi connectivity index (χ1) is 49.7. The van der Waals surface area contributed by atoms with E-state index in [0.29, 0.717) is 56.2 Å². The second-order valence-corrected chi connectivity index (χ2v) is 29.0. The zero-order chi connectivity index (χ0) is 77.5. The molecule has 0 bridgehead atoms. The first kappa shape index (κ1) is 77.9. The number of hydrogen-bond donors (Lipinski definition) is 2. The molecule has 9 aliphatic rings. The van der Waals surface area contributed by atoms with E-state index >= 15 is 0 Å². The van der Waals surface area contributed by atoms with Crippen molar-refractivity contribution in [1.29, 1.82) is 0 Å². The number of fused-ring (bicyclic) bond motifs is 3. The summed E-state index contributed by atoms with van der Waals surface area (Å²) in [6, 6.07) is 1.44. The van der Waals surface area contributed by atoms with Gasteiger partial charge >= 0.3 is 24.1 Å². The van der Waals surface area contributed by atoms with Crippen molar-refractivity contribution in [3.63, 3.8) is 0 Å². The number of ether oxygens (including phenoxy) is 3. The van der Waals surface area contributed by atoms with Crippen LogP contribution in [0.1, 0.15) is 143 Å². The number of likely N-dealkylation sites (tertiary alicyclic amines) is 2. The minimum atomic E-state index is -1.59. The number of benzene rings is 2. The van der Waals surface area contributed by atoms with Crippen molar-refractivity contribution in [1.82, 2.24) is 53.8 Å². The number of imide groups is 2. The molecule has 3 aromatic heterocycles.